The fraction of sp³-hybridized carbons (Fsp3) is 0.647. The van der Waals surface area contributed by atoms with Crippen molar-refractivity contribution >= 4 is 0 Å². The molecular formula is C17H26N2O. The van der Waals surface area contributed by atoms with E-state index in [1.165, 1.54) is 44.3 Å². The van der Waals surface area contributed by atoms with Crippen molar-refractivity contribution in [2.75, 3.05) is 27.2 Å². The number of likely N-dealkylation sites (N-methyl/N-ethyl adjacent to an activating group) is 1. The Morgan fingerprint density at radius 1 is 1.20 bits per heavy atom. The van der Waals surface area contributed by atoms with Gasteiger partial charge in [-0.1, -0.05) is 12.1 Å². The molecule has 1 heterocycles. The van der Waals surface area contributed by atoms with Gasteiger partial charge in [-0.2, -0.15) is 0 Å². The van der Waals surface area contributed by atoms with Gasteiger partial charge in [0.15, 0.2) is 0 Å². The molecule has 0 spiro atoms. The first-order valence-electron chi connectivity index (χ1n) is 7.85. The molecule has 2 aliphatic rings. The van der Waals surface area contributed by atoms with Gasteiger partial charge < -0.3 is 15.0 Å². The van der Waals surface area contributed by atoms with Crippen LogP contribution in [0.25, 0.3) is 0 Å². The zero-order valence-corrected chi connectivity index (χ0v) is 12.6. The molecule has 1 aromatic rings. The van der Waals surface area contributed by atoms with Gasteiger partial charge in [0.1, 0.15) is 5.75 Å². The van der Waals surface area contributed by atoms with Crippen molar-refractivity contribution in [3.8, 4) is 5.75 Å². The van der Waals surface area contributed by atoms with Crippen LogP contribution in [-0.2, 0) is 0 Å². The molecule has 3 rings (SSSR count). The Bertz CT molecular complexity index is 427. The molecule has 0 amide bonds. The molecule has 20 heavy (non-hydrogen) atoms. The Hall–Kier alpha value is -1.06. The fourth-order valence-corrected chi connectivity index (χ4v) is 3.30. The monoisotopic (exact) mass is 274 g/mol. The molecule has 110 valence electrons. The quantitative estimate of drug-likeness (QED) is 0.893. The van der Waals surface area contributed by atoms with Gasteiger partial charge in [0.05, 0.1) is 7.11 Å². The van der Waals surface area contributed by atoms with Crippen molar-refractivity contribution in [2.24, 2.45) is 5.92 Å². The Morgan fingerprint density at radius 2 is 1.95 bits per heavy atom. The Kier molecular flexibility index (Phi) is 4.27. The van der Waals surface area contributed by atoms with Crippen molar-refractivity contribution < 1.29 is 4.74 Å². The first-order chi connectivity index (χ1) is 9.76. The molecule has 2 unspecified atom stereocenters. The lowest BCUT2D eigenvalue weighted by Gasteiger charge is -2.33. The number of nitrogens with one attached hydrogen (secondary N) is 1. The average molecular weight is 274 g/mol. The second-order valence-electron chi connectivity index (χ2n) is 6.36. The minimum Gasteiger partial charge on any atom is -0.497 e. The van der Waals surface area contributed by atoms with Crippen molar-refractivity contribution in [1.29, 1.82) is 0 Å². The van der Waals surface area contributed by atoms with E-state index < -0.39 is 0 Å². The minimum absolute atomic E-state index is 0.525. The number of ether oxygens (including phenoxy) is 1. The fourth-order valence-electron chi connectivity index (χ4n) is 3.30. The highest BCUT2D eigenvalue weighted by Gasteiger charge is 2.34. The lowest BCUT2D eigenvalue weighted by molar-refractivity contribution is 0.212. The maximum atomic E-state index is 5.26. The number of hydrogen-bond donors (Lipinski definition) is 1. The molecule has 3 heteroatoms. The number of rotatable bonds is 5. The smallest absolute Gasteiger partial charge is 0.118 e. The molecule has 0 radical (unpaired) electrons. The maximum Gasteiger partial charge on any atom is 0.118 e. The summed E-state index contributed by atoms with van der Waals surface area (Å²) in [5, 5.41) is 3.92. The molecule has 0 aromatic heterocycles. The molecule has 1 aliphatic carbocycles. The molecule has 2 atom stereocenters. The molecule has 2 fully saturated rings. The highest BCUT2D eigenvalue weighted by Crippen LogP contribution is 2.41. The molecule has 1 N–H and O–H groups in total. The van der Waals surface area contributed by atoms with Gasteiger partial charge in [-0.15, -0.1) is 0 Å². The van der Waals surface area contributed by atoms with E-state index in [9.17, 15) is 0 Å². The third-order valence-electron chi connectivity index (χ3n) is 4.61. The third kappa shape index (κ3) is 3.33. The number of nitrogens with zero attached hydrogens (tertiary/aromatic N) is 1. The van der Waals surface area contributed by atoms with Gasteiger partial charge in [-0.25, -0.2) is 0 Å². The normalized spacial score (nSPS) is 25.4. The first-order valence-corrected chi connectivity index (χ1v) is 7.85. The summed E-state index contributed by atoms with van der Waals surface area (Å²) in [5.41, 5.74) is 1.42. The van der Waals surface area contributed by atoms with E-state index in [1.54, 1.807) is 7.11 Å². The van der Waals surface area contributed by atoms with Crippen molar-refractivity contribution in [1.82, 2.24) is 10.2 Å². The zero-order chi connectivity index (χ0) is 13.9. The van der Waals surface area contributed by atoms with E-state index in [-0.39, 0.29) is 0 Å². The average Bonchev–Trinajstić information content (AvgIpc) is 3.30. The van der Waals surface area contributed by atoms with Crippen LogP contribution in [0.3, 0.4) is 0 Å². The second kappa shape index (κ2) is 6.15. The topological polar surface area (TPSA) is 24.5 Å². The lowest BCUT2D eigenvalue weighted by atomic mass is 9.98. The van der Waals surface area contributed by atoms with Crippen LogP contribution in [0.1, 0.15) is 37.3 Å². The standard InChI is InChI=1S/C17H26N2O/c1-19-11-3-4-15(12-19)18-17(13-5-6-13)14-7-9-16(20-2)10-8-14/h7-10,13,15,17-18H,3-6,11-12H2,1-2H3. The summed E-state index contributed by atoms with van der Waals surface area (Å²) in [7, 11) is 3.96. The Morgan fingerprint density at radius 3 is 2.55 bits per heavy atom. The van der Waals surface area contributed by atoms with E-state index in [2.05, 4.69) is 41.5 Å². The predicted octanol–water partition coefficient (Wildman–Crippen LogP) is 2.83. The molecule has 0 bridgehead atoms. The largest absolute Gasteiger partial charge is 0.497 e. The lowest BCUT2D eigenvalue weighted by Crippen LogP contribution is -2.45. The van der Waals surface area contributed by atoms with Gasteiger partial charge in [0.25, 0.3) is 0 Å². The van der Waals surface area contributed by atoms with Crippen molar-refractivity contribution in [3.63, 3.8) is 0 Å². The summed E-state index contributed by atoms with van der Waals surface area (Å²) in [4.78, 5) is 2.44. The van der Waals surface area contributed by atoms with E-state index in [4.69, 9.17) is 4.74 Å². The third-order valence-corrected chi connectivity index (χ3v) is 4.61. The minimum atomic E-state index is 0.525. The molecular weight excluding hydrogens is 248 g/mol. The van der Waals surface area contributed by atoms with Crippen molar-refractivity contribution in [3.05, 3.63) is 29.8 Å². The molecule has 1 saturated heterocycles. The summed E-state index contributed by atoms with van der Waals surface area (Å²) in [6, 6.07) is 9.78. The SMILES string of the molecule is COc1ccc(C(NC2CCCN(C)C2)C2CC2)cc1. The predicted molar refractivity (Wildman–Crippen MR) is 82.1 cm³/mol. The second-order valence-corrected chi connectivity index (χ2v) is 6.36. The van der Waals surface area contributed by atoms with Crippen LogP contribution in [0.5, 0.6) is 5.75 Å². The van der Waals surface area contributed by atoms with E-state index in [1.807, 2.05) is 0 Å². The molecule has 3 nitrogen and oxygen atoms in total. The van der Waals surface area contributed by atoms with Crippen LogP contribution in [0.15, 0.2) is 24.3 Å². The number of piperidine rings is 1. The van der Waals surface area contributed by atoms with Crippen molar-refractivity contribution in [2.45, 2.75) is 37.8 Å². The number of methoxy groups -OCH3 is 1. The van der Waals surface area contributed by atoms with Crippen LogP contribution in [0.2, 0.25) is 0 Å². The van der Waals surface area contributed by atoms with Gasteiger partial charge >= 0.3 is 0 Å². The molecule has 1 aromatic carbocycles. The van der Waals surface area contributed by atoms with Crippen LogP contribution in [0.4, 0.5) is 0 Å². The molecule has 1 aliphatic heterocycles. The Labute approximate surface area is 122 Å². The van der Waals surface area contributed by atoms with Crippen LogP contribution >= 0.6 is 0 Å². The van der Waals surface area contributed by atoms with Crippen LogP contribution in [0, 0.1) is 5.92 Å². The summed E-state index contributed by atoms with van der Waals surface area (Å²) >= 11 is 0. The van der Waals surface area contributed by atoms with Crippen LogP contribution in [-0.4, -0.2) is 38.2 Å². The van der Waals surface area contributed by atoms with E-state index >= 15 is 0 Å². The van der Waals surface area contributed by atoms with Gasteiger partial charge in [0.2, 0.25) is 0 Å². The van der Waals surface area contributed by atoms with Gasteiger partial charge in [0, 0.05) is 18.6 Å². The summed E-state index contributed by atoms with van der Waals surface area (Å²) in [6.45, 7) is 2.42. The first kappa shape index (κ1) is 13.9. The van der Waals surface area contributed by atoms with E-state index in [0.717, 1.165) is 11.7 Å². The molecule has 1 saturated carbocycles. The van der Waals surface area contributed by atoms with Gasteiger partial charge in [-0.05, 0) is 62.9 Å². The van der Waals surface area contributed by atoms with Crippen LogP contribution < -0.4 is 10.1 Å². The summed E-state index contributed by atoms with van der Waals surface area (Å²) < 4.78 is 5.26. The van der Waals surface area contributed by atoms with Gasteiger partial charge in [-0.3, -0.25) is 0 Å². The number of benzene rings is 1. The van der Waals surface area contributed by atoms with E-state index in [0.29, 0.717) is 12.1 Å². The zero-order valence-electron chi connectivity index (χ0n) is 12.6. The maximum absolute atomic E-state index is 5.26. The number of likely N-dealkylation sites (tertiary alicyclic amines) is 1. The summed E-state index contributed by atoms with van der Waals surface area (Å²) in [5.74, 6) is 1.77. The highest BCUT2D eigenvalue weighted by molar-refractivity contribution is 5.30. The number of hydrogen-bond acceptors (Lipinski definition) is 3. The summed E-state index contributed by atoms with van der Waals surface area (Å²) in [6.07, 6.45) is 5.36. The highest BCUT2D eigenvalue weighted by atomic mass is 16.5. The Balaban J connectivity index is 1.68.